The third-order valence-corrected chi connectivity index (χ3v) is 5.54. The zero-order valence-electron chi connectivity index (χ0n) is 13.2. The molecule has 0 fully saturated rings. The summed E-state index contributed by atoms with van der Waals surface area (Å²) >= 11 is 1.89. The monoisotopic (exact) mass is 324 g/mol. The fourth-order valence-corrected chi connectivity index (χ4v) is 4.34. The van der Waals surface area contributed by atoms with Gasteiger partial charge in [-0.05, 0) is 29.9 Å². The molecule has 4 heteroatoms. The highest BCUT2D eigenvalue weighted by Crippen LogP contribution is 2.36. The maximum atomic E-state index is 5.98. The average Bonchev–Trinajstić information content (AvgIpc) is 3.24. The molecule has 0 amide bonds. The summed E-state index contributed by atoms with van der Waals surface area (Å²) in [5.74, 6) is 1.66. The first kappa shape index (κ1) is 14.7. The zero-order valence-corrected chi connectivity index (χ0v) is 14.1. The molecule has 4 rings (SSSR count). The Kier molecular flexibility index (Phi) is 4.02. The molecule has 0 radical (unpaired) electrons. The van der Waals surface area contributed by atoms with E-state index in [4.69, 9.17) is 4.42 Å². The molecule has 3 heterocycles. The quantitative estimate of drug-likeness (QED) is 0.682. The van der Waals surface area contributed by atoms with Gasteiger partial charge < -0.3 is 4.42 Å². The van der Waals surface area contributed by atoms with Crippen LogP contribution in [0.1, 0.15) is 35.7 Å². The molecule has 3 aromatic rings. The lowest BCUT2D eigenvalue weighted by molar-refractivity contribution is 0.157. The summed E-state index contributed by atoms with van der Waals surface area (Å²) in [5.41, 5.74) is 2.58. The summed E-state index contributed by atoms with van der Waals surface area (Å²) < 4.78 is 5.98. The largest absolute Gasteiger partial charge is 0.439 e. The van der Waals surface area contributed by atoms with E-state index in [0.717, 1.165) is 43.1 Å². The molecule has 0 spiro atoms. The fourth-order valence-electron chi connectivity index (χ4n) is 3.41. The minimum Gasteiger partial charge on any atom is -0.439 e. The molecule has 0 saturated carbocycles. The van der Waals surface area contributed by atoms with Crippen LogP contribution < -0.4 is 0 Å². The van der Waals surface area contributed by atoms with Crippen molar-refractivity contribution in [2.45, 2.75) is 32.4 Å². The fraction of sp³-hybridized carbons (Fsp3) is 0.316. The third-order valence-electron chi connectivity index (χ3n) is 4.54. The number of hydrogen-bond acceptors (Lipinski definition) is 4. The Hall–Kier alpha value is -1.91. The van der Waals surface area contributed by atoms with Crippen molar-refractivity contribution in [3.8, 4) is 11.3 Å². The van der Waals surface area contributed by atoms with Crippen molar-refractivity contribution in [2.24, 2.45) is 0 Å². The van der Waals surface area contributed by atoms with Crippen LogP contribution in [-0.4, -0.2) is 16.4 Å². The zero-order chi connectivity index (χ0) is 15.6. The van der Waals surface area contributed by atoms with E-state index in [9.17, 15) is 0 Å². The van der Waals surface area contributed by atoms with Crippen molar-refractivity contribution in [3.05, 3.63) is 64.3 Å². The van der Waals surface area contributed by atoms with E-state index in [1.807, 2.05) is 35.7 Å². The van der Waals surface area contributed by atoms with E-state index in [2.05, 4.69) is 40.4 Å². The van der Waals surface area contributed by atoms with Gasteiger partial charge >= 0.3 is 0 Å². The molecule has 1 unspecified atom stereocenters. The number of aromatic nitrogens is 1. The molecule has 2 aromatic heterocycles. The summed E-state index contributed by atoms with van der Waals surface area (Å²) in [6, 6.07) is 12.9. The Morgan fingerprint density at radius 3 is 2.96 bits per heavy atom. The lowest BCUT2D eigenvalue weighted by Crippen LogP contribution is -2.34. The smallest absolute Gasteiger partial charge is 0.209 e. The summed E-state index contributed by atoms with van der Waals surface area (Å²) in [4.78, 5) is 8.54. The molecule has 3 nitrogen and oxygen atoms in total. The van der Waals surface area contributed by atoms with E-state index in [0.29, 0.717) is 6.04 Å². The topological polar surface area (TPSA) is 29.3 Å². The van der Waals surface area contributed by atoms with Crippen LogP contribution in [0, 0.1) is 0 Å². The molecular formula is C19H20N2OS. The molecule has 1 aliphatic rings. The van der Waals surface area contributed by atoms with Crippen molar-refractivity contribution >= 4 is 11.3 Å². The number of benzene rings is 1. The van der Waals surface area contributed by atoms with Crippen molar-refractivity contribution < 1.29 is 4.42 Å². The molecule has 1 aliphatic heterocycles. The van der Waals surface area contributed by atoms with Crippen molar-refractivity contribution in [1.82, 2.24) is 9.88 Å². The second-order valence-corrected chi connectivity index (χ2v) is 6.93. The molecule has 0 bridgehead atoms. The summed E-state index contributed by atoms with van der Waals surface area (Å²) in [7, 11) is 0. The Morgan fingerprint density at radius 1 is 1.26 bits per heavy atom. The minimum atomic E-state index is 0.483. The maximum Gasteiger partial charge on any atom is 0.209 e. The Bertz CT molecular complexity index is 778. The van der Waals surface area contributed by atoms with Gasteiger partial charge in [-0.25, -0.2) is 4.98 Å². The van der Waals surface area contributed by atoms with Gasteiger partial charge in [0.1, 0.15) is 0 Å². The third kappa shape index (κ3) is 2.84. The number of hydrogen-bond donors (Lipinski definition) is 0. The lowest BCUT2D eigenvalue weighted by Gasteiger charge is -2.34. The van der Waals surface area contributed by atoms with Gasteiger partial charge in [0, 0.05) is 23.0 Å². The van der Waals surface area contributed by atoms with Gasteiger partial charge in [-0.15, -0.1) is 11.3 Å². The van der Waals surface area contributed by atoms with Gasteiger partial charge in [0.05, 0.1) is 12.7 Å². The van der Waals surface area contributed by atoms with E-state index in [1.54, 1.807) is 4.88 Å². The Balaban J connectivity index is 1.54. The van der Waals surface area contributed by atoms with Crippen LogP contribution in [0.5, 0.6) is 0 Å². The highest BCUT2D eigenvalue weighted by Gasteiger charge is 2.27. The van der Waals surface area contributed by atoms with Gasteiger partial charge in [0.2, 0.25) is 5.89 Å². The van der Waals surface area contributed by atoms with Crippen LogP contribution in [0.4, 0.5) is 0 Å². The number of fused-ring (bicyclic) bond motifs is 1. The van der Waals surface area contributed by atoms with Crippen molar-refractivity contribution in [2.75, 3.05) is 6.54 Å². The molecule has 0 saturated heterocycles. The highest BCUT2D eigenvalue weighted by molar-refractivity contribution is 7.10. The van der Waals surface area contributed by atoms with Crippen LogP contribution in [0.2, 0.25) is 0 Å². The average molecular weight is 324 g/mol. The van der Waals surface area contributed by atoms with Crippen LogP contribution in [-0.2, 0) is 13.0 Å². The first-order valence-electron chi connectivity index (χ1n) is 8.15. The first-order valence-corrected chi connectivity index (χ1v) is 9.03. The van der Waals surface area contributed by atoms with Gasteiger partial charge in [-0.1, -0.05) is 37.3 Å². The summed E-state index contributed by atoms with van der Waals surface area (Å²) in [5, 5.41) is 2.22. The maximum absolute atomic E-state index is 5.98. The first-order chi connectivity index (χ1) is 11.3. The van der Waals surface area contributed by atoms with Crippen LogP contribution in [0.3, 0.4) is 0 Å². The van der Waals surface area contributed by atoms with E-state index >= 15 is 0 Å². The number of nitrogens with zero attached hydrogens (tertiary/aromatic N) is 2. The van der Waals surface area contributed by atoms with Gasteiger partial charge in [-0.3, -0.25) is 4.90 Å². The standard InChI is InChI=1S/C19H20N2OS/c1-2-16-15-9-11-23-18(15)8-10-21(16)13-19-20-12-17(22-19)14-6-4-3-5-7-14/h3-7,9,11-12,16H,2,8,10,13H2,1H3. The number of thiophene rings is 1. The van der Waals surface area contributed by atoms with Crippen molar-refractivity contribution in [1.29, 1.82) is 0 Å². The summed E-state index contributed by atoms with van der Waals surface area (Å²) in [6.07, 6.45) is 4.09. The van der Waals surface area contributed by atoms with E-state index < -0.39 is 0 Å². The van der Waals surface area contributed by atoms with E-state index in [1.165, 1.54) is 5.56 Å². The number of oxazole rings is 1. The minimum absolute atomic E-state index is 0.483. The predicted molar refractivity (Wildman–Crippen MR) is 93.4 cm³/mol. The van der Waals surface area contributed by atoms with Crippen LogP contribution in [0.15, 0.2) is 52.4 Å². The second kappa shape index (κ2) is 6.30. The van der Waals surface area contributed by atoms with Crippen LogP contribution in [0.25, 0.3) is 11.3 Å². The normalized spacial score (nSPS) is 18.0. The Morgan fingerprint density at radius 2 is 2.13 bits per heavy atom. The Labute approximate surface area is 140 Å². The molecule has 1 atom stereocenters. The molecule has 0 N–H and O–H groups in total. The van der Waals surface area contributed by atoms with Crippen LogP contribution >= 0.6 is 11.3 Å². The number of rotatable bonds is 4. The molecule has 118 valence electrons. The SMILES string of the molecule is CCC1c2ccsc2CCN1Cc1ncc(-c2ccccc2)o1. The van der Waals surface area contributed by atoms with Gasteiger partial charge in [0.25, 0.3) is 0 Å². The highest BCUT2D eigenvalue weighted by atomic mass is 32.1. The molecule has 0 aliphatic carbocycles. The molecule has 1 aromatic carbocycles. The van der Waals surface area contributed by atoms with E-state index in [-0.39, 0.29) is 0 Å². The molecule has 23 heavy (non-hydrogen) atoms. The van der Waals surface area contributed by atoms with Crippen molar-refractivity contribution in [3.63, 3.8) is 0 Å². The molecular weight excluding hydrogens is 304 g/mol. The lowest BCUT2D eigenvalue weighted by atomic mass is 9.98. The second-order valence-electron chi connectivity index (χ2n) is 5.93. The summed E-state index contributed by atoms with van der Waals surface area (Å²) in [6.45, 7) is 4.12. The predicted octanol–water partition coefficient (Wildman–Crippen LogP) is 4.91. The van der Waals surface area contributed by atoms with Gasteiger partial charge in [0.15, 0.2) is 5.76 Å². The van der Waals surface area contributed by atoms with Gasteiger partial charge in [-0.2, -0.15) is 0 Å².